The Kier molecular flexibility index (Phi) is 4.51. The SMILES string of the molecule is CC(C)OC(=O)C(C)(C)Cc1ccc(C(=O)O)s1. The molecular weight excluding hydrogens is 252 g/mol. The summed E-state index contributed by atoms with van der Waals surface area (Å²) in [6.45, 7) is 7.22. The Hall–Kier alpha value is -1.36. The summed E-state index contributed by atoms with van der Waals surface area (Å²) in [4.78, 5) is 23.8. The van der Waals surface area contributed by atoms with E-state index in [4.69, 9.17) is 9.84 Å². The molecular formula is C13H18O4S. The molecule has 0 atom stereocenters. The number of carbonyl (C=O) groups excluding carboxylic acids is 1. The second kappa shape index (κ2) is 5.52. The number of esters is 1. The van der Waals surface area contributed by atoms with Gasteiger partial charge in [0.25, 0.3) is 0 Å². The van der Waals surface area contributed by atoms with Gasteiger partial charge in [-0.2, -0.15) is 0 Å². The van der Waals surface area contributed by atoms with Gasteiger partial charge < -0.3 is 9.84 Å². The molecule has 18 heavy (non-hydrogen) atoms. The first-order chi connectivity index (χ1) is 8.22. The molecule has 1 heterocycles. The van der Waals surface area contributed by atoms with Gasteiger partial charge in [0.1, 0.15) is 4.88 Å². The van der Waals surface area contributed by atoms with Crippen molar-refractivity contribution < 1.29 is 19.4 Å². The van der Waals surface area contributed by atoms with Crippen molar-refractivity contribution >= 4 is 23.3 Å². The Morgan fingerprint density at radius 2 is 2.00 bits per heavy atom. The van der Waals surface area contributed by atoms with Crippen LogP contribution in [-0.4, -0.2) is 23.1 Å². The summed E-state index contributed by atoms with van der Waals surface area (Å²) in [5.74, 6) is -1.20. The van der Waals surface area contributed by atoms with Crippen molar-refractivity contribution in [1.29, 1.82) is 0 Å². The lowest BCUT2D eigenvalue weighted by atomic mass is 9.89. The predicted molar refractivity (Wildman–Crippen MR) is 70.0 cm³/mol. The maximum Gasteiger partial charge on any atom is 0.345 e. The fraction of sp³-hybridized carbons (Fsp3) is 0.538. The number of rotatable bonds is 5. The molecule has 0 fully saturated rings. The highest BCUT2D eigenvalue weighted by molar-refractivity contribution is 7.13. The van der Waals surface area contributed by atoms with E-state index in [1.165, 1.54) is 11.3 Å². The smallest absolute Gasteiger partial charge is 0.345 e. The standard InChI is InChI=1S/C13H18O4S/c1-8(2)17-12(16)13(3,4)7-9-5-6-10(18-9)11(14)15/h5-6,8H,7H2,1-4H3,(H,14,15). The lowest BCUT2D eigenvalue weighted by Crippen LogP contribution is -2.30. The Morgan fingerprint density at radius 1 is 1.39 bits per heavy atom. The van der Waals surface area contributed by atoms with E-state index in [0.717, 1.165) is 4.88 Å². The third-order valence-electron chi connectivity index (χ3n) is 2.38. The molecule has 0 amide bonds. The number of carboxylic acids is 1. The summed E-state index contributed by atoms with van der Waals surface area (Å²) in [5.41, 5.74) is -0.648. The van der Waals surface area contributed by atoms with E-state index >= 15 is 0 Å². The van der Waals surface area contributed by atoms with E-state index in [1.54, 1.807) is 26.0 Å². The number of carboxylic acid groups (broad SMARTS) is 1. The fourth-order valence-electron chi connectivity index (χ4n) is 1.47. The fourth-order valence-corrected chi connectivity index (χ4v) is 2.54. The monoisotopic (exact) mass is 270 g/mol. The number of hydrogen-bond donors (Lipinski definition) is 1. The minimum atomic E-state index is -0.936. The second-order valence-electron chi connectivity index (χ2n) is 5.09. The zero-order chi connectivity index (χ0) is 13.9. The Bertz CT molecular complexity index is 446. The highest BCUT2D eigenvalue weighted by atomic mass is 32.1. The number of aromatic carboxylic acids is 1. The zero-order valence-corrected chi connectivity index (χ0v) is 11.8. The summed E-state index contributed by atoms with van der Waals surface area (Å²) >= 11 is 1.20. The number of hydrogen-bond acceptors (Lipinski definition) is 4. The van der Waals surface area contributed by atoms with Gasteiger partial charge in [-0.05, 0) is 46.2 Å². The lowest BCUT2D eigenvalue weighted by Gasteiger charge is -2.23. The van der Waals surface area contributed by atoms with E-state index in [0.29, 0.717) is 6.42 Å². The zero-order valence-electron chi connectivity index (χ0n) is 11.0. The molecule has 0 aliphatic rings. The molecule has 0 radical (unpaired) electrons. The predicted octanol–water partition coefficient (Wildman–Crippen LogP) is 2.97. The van der Waals surface area contributed by atoms with Crippen LogP contribution in [0.1, 0.15) is 42.2 Å². The summed E-state index contributed by atoms with van der Waals surface area (Å²) in [7, 11) is 0. The molecule has 0 aliphatic heterocycles. The van der Waals surface area contributed by atoms with Gasteiger partial charge in [0.15, 0.2) is 0 Å². The van der Waals surface area contributed by atoms with Crippen LogP contribution in [0.3, 0.4) is 0 Å². The summed E-state index contributed by atoms with van der Waals surface area (Å²) in [5, 5.41) is 8.84. The highest BCUT2D eigenvalue weighted by Crippen LogP contribution is 2.28. The van der Waals surface area contributed by atoms with Crippen LogP contribution in [0.15, 0.2) is 12.1 Å². The topological polar surface area (TPSA) is 63.6 Å². The van der Waals surface area contributed by atoms with Crippen molar-refractivity contribution in [3.63, 3.8) is 0 Å². The molecule has 5 heteroatoms. The molecule has 1 aromatic rings. The Labute approximate surface area is 111 Å². The van der Waals surface area contributed by atoms with Crippen molar-refractivity contribution in [3.8, 4) is 0 Å². The molecule has 100 valence electrons. The van der Waals surface area contributed by atoms with Crippen molar-refractivity contribution in [3.05, 3.63) is 21.9 Å². The van der Waals surface area contributed by atoms with E-state index in [2.05, 4.69) is 0 Å². The quantitative estimate of drug-likeness (QED) is 0.835. The largest absolute Gasteiger partial charge is 0.477 e. The van der Waals surface area contributed by atoms with E-state index in [-0.39, 0.29) is 17.0 Å². The van der Waals surface area contributed by atoms with Gasteiger partial charge in [0, 0.05) is 4.88 Å². The molecule has 0 aromatic carbocycles. The first kappa shape index (κ1) is 14.7. The van der Waals surface area contributed by atoms with Crippen LogP contribution in [0.4, 0.5) is 0 Å². The van der Waals surface area contributed by atoms with Crippen LogP contribution in [0, 0.1) is 5.41 Å². The summed E-state index contributed by atoms with van der Waals surface area (Å²) in [6, 6.07) is 3.31. The van der Waals surface area contributed by atoms with E-state index in [1.807, 2.05) is 13.8 Å². The minimum absolute atomic E-state index is 0.144. The molecule has 0 saturated heterocycles. The average Bonchev–Trinajstić information content (AvgIpc) is 2.64. The molecule has 0 bridgehead atoms. The van der Waals surface area contributed by atoms with Crippen molar-refractivity contribution in [1.82, 2.24) is 0 Å². The van der Waals surface area contributed by atoms with Gasteiger partial charge in [0.05, 0.1) is 11.5 Å². The van der Waals surface area contributed by atoms with Crippen LogP contribution in [0.25, 0.3) is 0 Å². The van der Waals surface area contributed by atoms with Gasteiger partial charge in [-0.3, -0.25) is 4.79 Å². The van der Waals surface area contributed by atoms with E-state index < -0.39 is 11.4 Å². The van der Waals surface area contributed by atoms with Gasteiger partial charge in [-0.15, -0.1) is 11.3 Å². The van der Waals surface area contributed by atoms with Crippen molar-refractivity contribution in [2.75, 3.05) is 0 Å². The Balaban J connectivity index is 2.75. The maximum atomic E-state index is 11.9. The molecule has 1 aromatic heterocycles. The number of carbonyl (C=O) groups is 2. The third kappa shape index (κ3) is 3.84. The molecule has 0 unspecified atom stereocenters. The van der Waals surface area contributed by atoms with Gasteiger partial charge >= 0.3 is 11.9 Å². The summed E-state index contributed by atoms with van der Waals surface area (Å²) in [6.07, 6.45) is 0.339. The summed E-state index contributed by atoms with van der Waals surface area (Å²) < 4.78 is 5.19. The normalized spacial score (nSPS) is 11.6. The van der Waals surface area contributed by atoms with Crippen LogP contribution >= 0.6 is 11.3 Å². The second-order valence-corrected chi connectivity index (χ2v) is 6.25. The highest BCUT2D eigenvalue weighted by Gasteiger charge is 2.31. The van der Waals surface area contributed by atoms with Gasteiger partial charge in [-0.1, -0.05) is 0 Å². The van der Waals surface area contributed by atoms with Crippen molar-refractivity contribution in [2.45, 2.75) is 40.2 Å². The molecule has 1 rings (SSSR count). The van der Waals surface area contributed by atoms with E-state index in [9.17, 15) is 9.59 Å². The van der Waals surface area contributed by atoms with Crippen LogP contribution in [0.2, 0.25) is 0 Å². The average molecular weight is 270 g/mol. The third-order valence-corrected chi connectivity index (χ3v) is 3.46. The molecule has 0 saturated carbocycles. The Morgan fingerprint density at radius 3 is 2.44 bits per heavy atom. The molecule has 1 N–H and O–H groups in total. The number of thiophene rings is 1. The molecule has 0 aliphatic carbocycles. The van der Waals surface area contributed by atoms with Crippen LogP contribution < -0.4 is 0 Å². The molecule has 0 spiro atoms. The van der Waals surface area contributed by atoms with Crippen LogP contribution in [0.5, 0.6) is 0 Å². The minimum Gasteiger partial charge on any atom is -0.477 e. The first-order valence-electron chi connectivity index (χ1n) is 5.75. The lowest BCUT2D eigenvalue weighted by molar-refractivity contribution is -0.157. The van der Waals surface area contributed by atoms with Crippen molar-refractivity contribution in [2.24, 2.45) is 5.41 Å². The maximum absolute atomic E-state index is 11.9. The number of ether oxygens (including phenoxy) is 1. The first-order valence-corrected chi connectivity index (χ1v) is 6.57. The van der Waals surface area contributed by atoms with Gasteiger partial charge in [-0.25, -0.2) is 4.79 Å². The molecule has 4 nitrogen and oxygen atoms in total. The van der Waals surface area contributed by atoms with Crippen LogP contribution in [-0.2, 0) is 16.0 Å². The van der Waals surface area contributed by atoms with Gasteiger partial charge in [0.2, 0.25) is 0 Å².